The Morgan fingerprint density at radius 2 is 2.12 bits per heavy atom. The number of rotatable bonds is 3. The minimum absolute atomic E-state index is 0.519. The highest BCUT2D eigenvalue weighted by Crippen LogP contribution is 2.35. The molecule has 0 radical (unpaired) electrons. The van der Waals surface area contributed by atoms with E-state index in [0.717, 1.165) is 15.2 Å². The lowest BCUT2D eigenvalue weighted by Crippen LogP contribution is -1.99. The van der Waals surface area contributed by atoms with Crippen molar-refractivity contribution in [3.05, 3.63) is 43.2 Å². The molecule has 1 heterocycles. The molecule has 0 aliphatic heterocycles. The van der Waals surface area contributed by atoms with Crippen molar-refractivity contribution in [3.63, 3.8) is 0 Å². The topological polar surface area (TPSA) is 24.9 Å². The van der Waals surface area contributed by atoms with Crippen LogP contribution in [-0.4, -0.2) is 4.98 Å². The van der Waals surface area contributed by atoms with Gasteiger partial charge in [0.1, 0.15) is 5.01 Å². The minimum Gasteiger partial charge on any atom is -0.377 e. The first-order chi connectivity index (χ1) is 7.68. The fourth-order valence-corrected chi connectivity index (χ4v) is 2.57. The Hall–Kier alpha value is -0.290. The van der Waals surface area contributed by atoms with Gasteiger partial charge in [0.2, 0.25) is 0 Å². The maximum atomic E-state index is 6.10. The lowest BCUT2D eigenvalue weighted by Gasteiger charge is -2.08. The van der Waals surface area contributed by atoms with Crippen molar-refractivity contribution in [1.29, 1.82) is 0 Å². The van der Waals surface area contributed by atoms with Gasteiger partial charge >= 0.3 is 0 Å². The van der Waals surface area contributed by atoms with Crippen LogP contribution in [0.2, 0.25) is 10.0 Å². The zero-order chi connectivity index (χ0) is 11.5. The minimum atomic E-state index is 0.519. The van der Waals surface area contributed by atoms with Crippen molar-refractivity contribution in [2.45, 2.75) is 6.54 Å². The summed E-state index contributed by atoms with van der Waals surface area (Å²) in [6, 6.07) is 3.74. The van der Waals surface area contributed by atoms with Crippen molar-refractivity contribution >= 4 is 56.2 Å². The van der Waals surface area contributed by atoms with Gasteiger partial charge in [0, 0.05) is 16.0 Å². The molecule has 2 aromatic rings. The molecule has 6 heteroatoms. The molecule has 0 atom stereocenters. The Kier molecular flexibility index (Phi) is 4.08. The van der Waals surface area contributed by atoms with E-state index >= 15 is 0 Å². The number of hydrogen-bond donors (Lipinski definition) is 1. The van der Waals surface area contributed by atoms with E-state index in [1.165, 1.54) is 0 Å². The number of benzene rings is 1. The van der Waals surface area contributed by atoms with Crippen molar-refractivity contribution in [2.75, 3.05) is 5.32 Å². The first-order valence-corrected chi connectivity index (χ1v) is 6.87. The Morgan fingerprint density at radius 3 is 2.81 bits per heavy atom. The summed E-state index contributed by atoms with van der Waals surface area (Å²) in [5.74, 6) is 0. The Morgan fingerprint density at radius 1 is 1.31 bits per heavy atom. The van der Waals surface area contributed by atoms with Gasteiger partial charge in [-0.2, -0.15) is 0 Å². The fraction of sp³-hybridized carbons (Fsp3) is 0.100. The summed E-state index contributed by atoms with van der Waals surface area (Å²) in [6.45, 7) is 0.648. The van der Waals surface area contributed by atoms with Crippen molar-refractivity contribution in [3.8, 4) is 0 Å². The molecule has 0 aliphatic rings. The summed E-state index contributed by atoms with van der Waals surface area (Å²) < 4.78 is 0.791. The fourth-order valence-electron chi connectivity index (χ4n) is 1.17. The summed E-state index contributed by atoms with van der Waals surface area (Å²) in [4.78, 5) is 4.17. The number of nitrogens with zero attached hydrogens (tertiary/aromatic N) is 1. The molecule has 1 aromatic carbocycles. The van der Waals surface area contributed by atoms with Crippen LogP contribution in [0.3, 0.4) is 0 Å². The molecular weight excluding hydrogens is 331 g/mol. The highest BCUT2D eigenvalue weighted by Gasteiger charge is 2.08. The lowest BCUT2D eigenvalue weighted by atomic mass is 10.3. The molecule has 2 nitrogen and oxygen atoms in total. The van der Waals surface area contributed by atoms with Gasteiger partial charge < -0.3 is 5.32 Å². The molecule has 0 saturated heterocycles. The van der Waals surface area contributed by atoms with Gasteiger partial charge in [-0.1, -0.05) is 23.2 Å². The number of halogens is 3. The number of anilines is 1. The van der Waals surface area contributed by atoms with Crippen molar-refractivity contribution in [2.24, 2.45) is 0 Å². The Bertz CT molecular complexity index is 488. The third-order valence-electron chi connectivity index (χ3n) is 1.95. The summed E-state index contributed by atoms with van der Waals surface area (Å²) >= 11 is 17.0. The zero-order valence-corrected chi connectivity index (χ0v) is 11.9. The van der Waals surface area contributed by atoms with Gasteiger partial charge in [-0.05, 0) is 28.1 Å². The van der Waals surface area contributed by atoms with E-state index in [4.69, 9.17) is 23.2 Å². The van der Waals surface area contributed by atoms with E-state index in [2.05, 4.69) is 26.2 Å². The maximum Gasteiger partial charge on any atom is 0.112 e. The monoisotopic (exact) mass is 336 g/mol. The van der Waals surface area contributed by atoms with Gasteiger partial charge in [-0.3, -0.25) is 0 Å². The van der Waals surface area contributed by atoms with Crippen molar-refractivity contribution < 1.29 is 0 Å². The Labute approximate surface area is 116 Å². The van der Waals surface area contributed by atoms with E-state index in [-0.39, 0.29) is 0 Å². The summed E-state index contributed by atoms with van der Waals surface area (Å²) in [5.41, 5.74) is 0.810. The summed E-state index contributed by atoms with van der Waals surface area (Å²) in [5, 5.41) is 7.18. The van der Waals surface area contributed by atoms with E-state index in [1.807, 2.05) is 17.5 Å². The second-order valence-electron chi connectivity index (χ2n) is 3.00. The first-order valence-electron chi connectivity index (χ1n) is 4.44. The second-order valence-corrected chi connectivity index (χ2v) is 5.59. The molecule has 0 amide bonds. The second kappa shape index (κ2) is 5.36. The molecule has 84 valence electrons. The average molecular weight is 338 g/mol. The first kappa shape index (κ1) is 12.2. The molecule has 0 unspecified atom stereocenters. The van der Waals surface area contributed by atoms with Crippen LogP contribution in [0, 0.1) is 0 Å². The third kappa shape index (κ3) is 2.69. The molecule has 0 spiro atoms. The standard InChI is InChI=1S/C10H7BrCl2N2S/c11-6-1-2-7(10(13)9(6)12)15-5-8-14-3-4-16-8/h1-4,15H,5H2. The smallest absolute Gasteiger partial charge is 0.112 e. The van der Waals surface area contributed by atoms with Crippen LogP contribution >= 0.6 is 50.5 Å². The van der Waals surface area contributed by atoms with Gasteiger partial charge in [-0.25, -0.2) is 4.98 Å². The number of hydrogen-bond acceptors (Lipinski definition) is 3. The van der Waals surface area contributed by atoms with Crippen LogP contribution in [-0.2, 0) is 6.54 Å². The van der Waals surface area contributed by atoms with Crippen LogP contribution in [0.1, 0.15) is 5.01 Å². The molecule has 2 rings (SSSR count). The maximum absolute atomic E-state index is 6.10. The molecule has 0 aliphatic carbocycles. The van der Waals surface area contributed by atoms with E-state index in [9.17, 15) is 0 Å². The van der Waals surface area contributed by atoms with Crippen LogP contribution in [0.15, 0.2) is 28.2 Å². The quantitative estimate of drug-likeness (QED) is 0.812. The predicted molar refractivity (Wildman–Crippen MR) is 73.6 cm³/mol. The molecular formula is C10H7BrCl2N2S. The molecule has 0 saturated carbocycles. The van der Waals surface area contributed by atoms with Gasteiger partial charge in [-0.15, -0.1) is 11.3 Å². The van der Waals surface area contributed by atoms with Gasteiger partial charge in [0.05, 0.1) is 22.3 Å². The summed E-state index contributed by atoms with van der Waals surface area (Å²) in [6.07, 6.45) is 1.78. The van der Waals surface area contributed by atoms with E-state index in [1.54, 1.807) is 17.5 Å². The highest BCUT2D eigenvalue weighted by atomic mass is 79.9. The van der Waals surface area contributed by atoms with E-state index in [0.29, 0.717) is 16.6 Å². The van der Waals surface area contributed by atoms with Gasteiger partial charge in [0.15, 0.2) is 0 Å². The number of thiazole rings is 1. The molecule has 0 bridgehead atoms. The summed E-state index contributed by atoms with van der Waals surface area (Å²) in [7, 11) is 0. The number of nitrogens with one attached hydrogen (secondary N) is 1. The molecule has 16 heavy (non-hydrogen) atoms. The molecule has 1 N–H and O–H groups in total. The highest BCUT2D eigenvalue weighted by molar-refractivity contribution is 9.10. The third-order valence-corrected chi connectivity index (χ3v) is 4.50. The van der Waals surface area contributed by atoms with Crippen molar-refractivity contribution in [1.82, 2.24) is 4.98 Å². The predicted octanol–water partition coefficient (Wildman–Crippen LogP) is 4.82. The normalized spacial score (nSPS) is 10.4. The van der Waals surface area contributed by atoms with Gasteiger partial charge in [0.25, 0.3) is 0 Å². The average Bonchev–Trinajstić information content (AvgIpc) is 2.78. The Balaban J connectivity index is 2.13. The van der Waals surface area contributed by atoms with Crippen LogP contribution < -0.4 is 5.32 Å². The van der Waals surface area contributed by atoms with Crippen LogP contribution in [0.5, 0.6) is 0 Å². The van der Waals surface area contributed by atoms with E-state index < -0.39 is 0 Å². The molecule has 1 aromatic heterocycles. The molecule has 0 fully saturated rings. The largest absolute Gasteiger partial charge is 0.377 e. The number of aromatic nitrogens is 1. The zero-order valence-electron chi connectivity index (χ0n) is 8.01. The lowest BCUT2D eigenvalue weighted by molar-refractivity contribution is 1.10. The SMILES string of the molecule is Clc1c(Br)ccc(NCc2nccs2)c1Cl. The van der Waals surface area contributed by atoms with Crippen LogP contribution in [0.4, 0.5) is 5.69 Å². The van der Waals surface area contributed by atoms with Crippen LogP contribution in [0.25, 0.3) is 0 Å².